The molecule has 1 amide bonds. The number of rotatable bonds is 5. The van der Waals surface area contributed by atoms with Gasteiger partial charge < -0.3 is 14.3 Å². The van der Waals surface area contributed by atoms with Gasteiger partial charge in [-0.3, -0.25) is 9.69 Å². The maximum absolute atomic E-state index is 12.3. The average Bonchev–Trinajstić information content (AvgIpc) is 3.15. The van der Waals surface area contributed by atoms with Crippen molar-refractivity contribution in [1.82, 2.24) is 4.90 Å². The lowest BCUT2D eigenvalue weighted by Gasteiger charge is -2.10. The minimum absolute atomic E-state index is 0.0609. The van der Waals surface area contributed by atoms with Gasteiger partial charge in [0.2, 0.25) is 0 Å². The van der Waals surface area contributed by atoms with Crippen molar-refractivity contribution in [1.29, 1.82) is 0 Å². The number of carboxylic acids is 1. The zero-order valence-corrected chi connectivity index (χ0v) is 15.6. The summed E-state index contributed by atoms with van der Waals surface area (Å²) in [6.07, 6.45) is 3.22. The Balaban J connectivity index is 1.86. The molecule has 5 nitrogen and oxygen atoms in total. The molecule has 3 rings (SSSR count). The van der Waals surface area contributed by atoms with Crippen LogP contribution in [0.3, 0.4) is 0 Å². The summed E-state index contributed by atoms with van der Waals surface area (Å²) in [7, 11) is 0. The Bertz CT molecular complexity index is 964. The molecule has 1 saturated heterocycles. The van der Waals surface area contributed by atoms with E-state index in [0.717, 1.165) is 0 Å². The number of thioether (sulfide) groups is 1. The van der Waals surface area contributed by atoms with E-state index in [4.69, 9.17) is 28.2 Å². The quantitative estimate of drug-likeness (QED) is 0.432. The van der Waals surface area contributed by atoms with Crippen LogP contribution in [-0.4, -0.2) is 27.6 Å². The molecule has 0 atom stereocenters. The van der Waals surface area contributed by atoms with Crippen LogP contribution in [0.25, 0.3) is 17.4 Å². The zero-order valence-electron chi connectivity index (χ0n) is 13.2. The van der Waals surface area contributed by atoms with Crippen molar-refractivity contribution in [3.8, 4) is 11.3 Å². The van der Waals surface area contributed by atoms with Crippen molar-refractivity contribution < 1.29 is 19.1 Å². The Labute approximate surface area is 163 Å². The topological polar surface area (TPSA) is 73.6 Å². The Morgan fingerprint density at radius 3 is 2.81 bits per heavy atom. The van der Waals surface area contributed by atoms with Crippen LogP contribution in [0.4, 0.5) is 0 Å². The van der Waals surface area contributed by atoms with Gasteiger partial charge in [0.15, 0.2) is 0 Å². The Morgan fingerprint density at radius 2 is 2.15 bits per heavy atom. The molecule has 1 aromatic carbocycles. The van der Waals surface area contributed by atoms with E-state index in [2.05, 4.69) is 6.58 Å². The van der Waals surface area contributed by atoms with Gasteiger partial charge in [0, 0.05) is 23.7 Å². The summed E-state index contributed by atoms with van der Waals surface area (Å²) in [4.78, 5) is 25.2. The van der Waals surface area contributed by atoms with Crippen LogP contribution in [0.15, 0.2) is 52.3 Å². The molecule has 1 aliphatic rings. The van der Waals surface area contributed by atoms with Crippen molar-refractivity contribution in [2.75, 3.05) is 6.54 Å². The molecule has 0 spiro atoms. The first kappa shape index (κ1) is 18.4. The normalized spacial score (nSPS) is 15.7. The van der Waals surface area contributed by atoms with Crippen LogP contribution in [0.5, 0.6) is 0 Å². The van der Waals surface area contributed by atoms with Crippen molar-refractivity contribution in [2.45, 2.75) is 0 Å². The third-order valence-corrected chi connectivity index (χ3v) is 5.25. The van der Waals surface area contributed by atoms with Crippen molar-refractivity contribution >= 4 is 57.9 Å². The molecule has 132 valence electrons. The summed E-state index contributed by atoms with van der Waals surface area (Å²) in [5, 5.41) is 11.0. The molecule has 0 radical (unpaired) electrons. The van der Waals surface area contributed by atoms with Gasteiger partial charge in [-0.1, -0.05) is 53.8 Å². The lowest BCUT2D eigenvalue weighted by Crippen LogP contribution is -2.27. The van der Waals surface area contributed by atoms with Gasteiger partial charge in [-0.25, -0.2) is 0 Å². The molecule has 1 aromatic heterocycles. The second-order valence-electron chi connectivity index (χ2n) is 5.27. The van der Waals surface area contributed by atoms with Gasteiger partial charge in [0.25, 0.3) is 5.91 Å². The van der Waals surface area contributed by atoms with Crippen LogP contribution >= 0.6 is 35.6 Å². The third-order valence-electron chi connectivity index (χ3n) is 3.56. The molecule has 0 saturated carbocycles. The van der Waals surface area contributed by atoms with Crippen molar-refractivity contribution in [3.05, 3.63) is 64.2 Å². The highest BCUT2D eigenvalue weighted by molar-refractivity contribution is 8.26. The highest BCUT2D eigenvalue weighted by Gasteiger charge is 2.31. The number of nitrogens with zero attached hydrogens (tertiary/aromatic N) is 1. The number of benzene rings is 1. The molecule has 0 aliphatic carbocycles. The first-order chi connectivity index (χ1) is 12.4. The van der Waals surface area contributed by atoms with Gasteiger partial charge in [0.1, 0.15) is 15.8 Å². The minimum atomic E-state index is -1.34. The van der Waals surface area contributed by atoms with E-state index < -0.39 is 5.97 Å². The van der Waals surface area contributed by atoms with E-state index >= 15 is 0 Å². The van der Waals surface area contributed by atoms with Gasteiger partial charge in [-0.15, -0.1) is 6.58 Å². The Hall–Kier alpha value is -2.35. The summed E-state index contributed by atoms with van der Waals surface area (Å²) >= 11 is 12.3. The number of hydrogen-bond donors (Lipinski definition) is 0. The number of carboxylic acid groups (broad SMARTS) is 1. The Kier molecular flexibility index (Phi) is 5.31. The fraction of sp³-hybridized carbons (Fsp3) is 0.0556. The summed E-state index contributed by atoms with van der Waals surface area (Å²) in [6, 6.07) is 7.83. The first-order valence-corrected chi connectivity index (χ1v) is 8.98. The second kappa shape index (κ2) is 7.49. The molecule has 0 unspecified atom stereocenters. The fourth-order valence-electron chi connectivity index (χ4n) is 2.34. The van der Waals surface area contributed by atoms with E-state index in [0.29, 0.717) is 32.9 Å². The number of carbonyl (C=O) groups is 2. The van der Waals surface area contributed by atoms with E-state index in [9.17, 15) is 14.7 Å². The predicted octanol–water partition coefficient (Wildman–Crippen LogP) is 3.35. The van der Waals surface area contributed by atoms with Crippen LogP contribution in [0.2, 0.25) is 5.02 Å². The highest BCUT2D eigenvalue weighted by atomic mass is 35.5. The molecular formula is C18H11ClNO4S2-. The van der Waals surface area contributed by atoms with E-state index in [1.807, 2.05) is 0 Å². The van der Waals surface area contributed by atoms with Gasteiger partial charge in [-0.2, -0.15) is 0 Å². The van der Waals surface area contributed by atoms with Gasteiger partial charge >= 0.3 is 0 Å². The molecule has 26 heavy (non-hydrogen) atoms. The van der Waals surface area contributed by atoms with E-state index in [1.165, 1.54) is 28.8 Å². The Morgan fingerprint density at radius 1 is 1.38 bits per heavy atom. The van der Waals surface area contributed by atoms with Crippen LogP contribution in [0, 0.1) is 0 Å². The van der Waals surface area contributed by atoms with E-state index in [1.54, 1.807) is 30.4 Å². The number of aromatic carboxylic acids is 1. The number of amides is 1. The monoisotopic (exact) mass is 404 g/mol. The second-order valence-corrected chi connectivity index (χ2v) is 7.35. The van der Waals surface area contributed by atoms with Crippen LogP contribution in [-0.2, 0) is 4.79 Å². The summed E-state index contributed by atoms with van der Waals surface area (Å²) in [5.74, 6) is -0.578. The van der Waals surface area contributed by atoms with Crippen molar-refractivity contribution in [3.63, 3.8) is 0 Å². The SMILES string of the molecule is C=CCN1C(=O)/C(=C/c2ccc(-c3ccc(C(=O)[O-])c(Cl)c3)o2)SC1=S. The third kappa shape index (κ3) is 3.60. The minimum Gasteiger partial charge on any atom is -0.545 e. The largest absolute Gasteiger partial charge is 0.545 e. The van der Waals surface area contributed by atoms with Crippen LogP contribution < -0.4 is 5.11 Å². The number of carbonyl (C=O) groups excluding carboxylic acids is 2. The van der Waals surface area contributed by atoms with Crippen LogP contribution in [0.1, 0.15) is 16.1 Å². The number of hydrogen-bond acceptors (Lipinski definition) is 6. The average molecular weight is 405 g/mol. The highest BCUT2D eigenvalue weighted by Crippen LogP contribution is 2.34. The van der Waals surface area contributed by atoms with E-state index in [-0.39, 0.29) is 16.5 Å². The smallest absolute Gasteiger partial charge is 0.266 e. The molecule has 0 N–H and O–H groups in total. The molecule has 1 fully saturated rings. The molecule has 2 heterocycles. The number of halogens is 1. The molecule has 8 heteroatoms. The standard InChI is InChI=1S/C18H12ClNO4S2/c1-2-7-20-16(21)15(26-18(20)25)9-11-4-6-14(24-11)10-3-5-12(17(22)23)13(19)8-10/h2-6,8-9H,1,7H2,(H,22,23)/p-1/b15-9-. The zero-order chi connectivity index (χ0) is 18.8. The first-order valence-electron chi connectivity index (χ1n) is 7.38. The molecule has 2 aromatic rings. The summed E-state index contributed by atoms with van der Waals surface area (Å²) < 4.78 is 6.19. The molecular weight excluding hydrogens is 394 g/mol. The number of furan rings is 1. The molecule has 0 bridgehead atoms. The lowest BCUT2D eigenvalue weighted by molar-refractivity contribution is -0.255. The van der Waals surface area contributed by atoms with Crippen molar-refractivity contribution in [2.24, 2.45) is 0 Å². The van der Waals surface area contributed by atoms with Gasteiger partial charge in [0.05, 0.1) is 15.9 Å². The summed E-state index contributed by atoms with van der Waals surface area (Å²) in [5.41, 5.74) is 0.520. The molecule has 1 aliphatic heterocycles. The lowest BCUT2D eigenvalue weighted by atomic mass is 10.1. The maximum Gasteiger partial charge on any atom is 0.266 e. The van der Waals surface area contributed by atoms with Gasteiger partial charge in [-0.05, 0) is 18.2 Å². The fourth-order valence-corrected chi connectivity index (χ4v) is 3.85. The predicted molar refractivity (Wildman–Crippen MR) is 104 cm³/mol. The maximum atomic E-state index is 12.3. The number of thiocarbonyl (C=S) groups is 1. The summed E-state index contributed by atoms with van der Waals surface area (Å²) in [6.45, 7) is 3.97.